The summed E-state index contributed by atoms with van der Waals surface area (Å²) >= 11 is 0. The van der Waals surface area contributed by atoms with Crippen LogP contribution in [0.4, 0.5) is 11.4 Å². The van der Waals surface area contributed by atoms with Crippen molar-refractivity contribution in [2.24, 2.45) is 31.4 Å². The number of aliphatic imine (C=N–C) groups is 4. The SMILES string of the molecule is Cl.Cl.Cl.Cl.NC(=Nc1ccc(C2=NCCN2)cc1)c1ccc(C(N)=Nc2ccc(C3=NCCN3)cc2)cc1. The molecule has 202 valence electrons. The molecule has 0 unspecified atom stereocenters. The Bertz CT molecular complexity index is 1200. The van der Waals surface area contributed by atoms with Crippen LogP contribution in [0.5, 0.6) is 0 Å². The number of rotatable bonds is 6. The van der Waals surface area contributed by atoms with Crippen LogP contribution in [0, 0.1) is 0 Å². The number of benzene rings is 3. The molecule has 6 N–H and O–H groups in total. The molecule has 0 saturated carbocycles. The maximum Gasteiger partial charge on any atom is 0.131 e. The fraction of sp³-hybridized carbons (Fsp3) is 0.154. The van der Waals surface area contributed by atoms with E-state index in [4.69, 9.17) is 11.5 Å². The van der Waals surface area contributed by atoms with Crippen molar-refractivity contribution < 1.29 is 0 Å². The highest BCUT2D eigenvalue weighted by atomic mass is 35.5. The largest absolute Gasteiger partial charge is 0.383 e. The van der Waals surface area contributed by atoms with E-state index in [1.807, 2.05) is 72.8 Å². The summed E-state index contributed by atoms with van der Waals surface area (Å²) in [5.74, 6) is 2.72. The molecular weight excluding hydrogens is 566 g/mol. The third kappa shape index (κ3) is 7.85. The second-order valence-electron chi connectivity index (χ2n) is 7.98. The van der Waals surface area contributed by atoms with Gasteiger partial charge in [0.05, 0.1) is 24.5 Å². The van der Waals surface area contributed by atoms with E-state index in [1.54, 1.807) is 0 Å². The van der Waals surface area contributed by atoms with E-state index in [1.165, 1.54) is 0 Å². The summed E-state index contributed by atoms with van der Waals surface area (Å²) in [6.07, 6.45) is 0. The molecule has 2 heterocycles. The van der Waals surface area contributed by atoms with Crippen LogP contribution in [0.25, 0.3) is 0 Å². The highest BCUT2D eigenvalue weighted by molar-refractivity contribution is 6.03. The molecule has 0 aromatic heterocycles. The number of halogens is 4. The Kier molecular flexibility index (Phi) is 13.1. The summed E-state index contributed by atoms with van der Waals surface area (Å²) in [5.41, 5.74) is 17.8. The molecule has 12 heteroatoms. The first-order chi connectivity index (χ1) is 16.7. The van der Waals surface area contributed by atoms with Crippen LogP contribution >= 0.6 is 49.6 Å². The quantitative estimate of drug-likeness (QED) is 0.252. The first kappa shape index (κ1) is 32.7. The maximum absolute atomic E-state index is 6.24. The van der Waals surface area contributed by atoms with Gasteiger partial charge in [-0.3, -0.25) is 9.98 Å². The monoisotopic (exact) mass is 594 g/mol. The van der Waals surface area contributed by atoms with Crippen LogP contribution in [0.15, 0.2) is 92.8 Å². The van der Waals surface area contributed by atoms with Gasteiger partial charge in [0, 0.05) is 35.3 Å². The molecule has 0 spiro atoms. The molecule has 0 aliphatic carbocycles. The Balaban J connectivity index is 0.00000180. The molecule has 0 radical (unpaired) electrons. The Hall–Kier alpha value is -3.30. The van der Waals surface area contributed by atoms with Gasteiger partial charge in [-0.05, 0) is 48.5 Å². The first-order valence-electron chi connectivity index (χ1n) is 11.2. The van der Waals surface area contributed by atoms with E-state index in [0.717, 1.165) is 71.5 Å². The predicted molar refractivity (Wildman–Crippen MR) is 168 cm³/mol. The zero-order valence-electron chi connectivity index (χ0n) is 20.3. The van der Waals surface area contributed by atoms with Gasteiger partial charge in [-0.2, -0.15) is 0 Å². The van der Waals surface area contributed by atoms with Crippen LogP contribution < -0.4 is 22.1 Å². The number of hydrogen-bond donors (Lipinski definition) is 4. The number of nitrogens with zero attached hydrogens (tertiary/aromatic N) is 4. The fourth-order valence-electron chi connectivity index (χ4n) is 3.79. The molecular formula is C26H30Cl4N8. The first-order valence-corrected chi connectivity index (χ1v) is 11.2. The molecule has 5 rings (SSSR count). The standard InChI is InChI=1S/C26H26N8.4ClH/c27-23(33-21-9-5-19(6-10-21)25-29-13-14-30-25)17-1-2-18(4-3-17)24(28)34-22-11-7-20(8-12-22)26-31-15-16-32-26;;;;/h1-12H,13-16H2,(H2,27,33)(H2,28,34)(H,29,30)(H,31,32);4*1H. The molecule has 2 aliphatic heterocycles. The lowest BCUT2D eigenvalue weighted by Crippen LogP contribution is -2.19. The molecule has 0 amide bonds. The van der Waals surface area contributed by atoms with Crippen LogP contribution in [-0.4, -0.2) is 49.5 Å². The van der Waals surface area contributed by atoms with Crippen molar-refractivity contribution in [2.75, 3.05) is 26.2 Å². The Morgan fingerprint density at radius 1 is 0.553 bits per heavy atom. The zero-order valence-corrected chi connectivity index (χ0v) is 23.6. The van der Waals surface area contributed by atoms with E-state index >= 15 is 0 Å². The molecule has 0 fully saturated rings. The van der Waals surface area contributed by atoms with E-state index in [9.17, 15) is 0 Å². The van der Waals surface area contributed by atoms with Gasteiger partial charge in [-0.15, -0.1) is 49.6 Å². The second-order valence-corrected chi connectivity index (χ2v) is 7.98. The van der Waals surface area contributed by atoms with E-state index in [2.05, 4.69) is 30.6 Å². The highest BCUT2D eigenvalue weighted by Gasteiger charge is 2.09. The van der Waals surface area contributed by atoms with Crippen molar-refractivity contribution >= 4 is 84.3 Å². The topological polar surface area (TPSA) is 126 Å². The van der Waals surface area contributed by atoms with E-state index in [-0.39, 0.29) is 49.6 Å². The number of hydrogen-bond acceptors (Lipinski definition) is 6. The number of amidine groups is 4. The van der Waals surface area contributed by atoms with E-state index in [0.29, 0.717) is 11.7 Å². The van der Waals surface area contributed by atoms with Gasteiger partial charge in [0.25, 0.3) is 0 Å². The van der Waals surface area contributed by atoms with Crippen molar-refractivity contribution in [3.8, 4) is 0 Å². The van der Waals surface area contributed by atoms with Gasteiger partial charge in [0.15, 0.2) is 0 Å². The van der Waals surface area contributed by atoms with Crippen molar-refractivity contribution in [2.45, 2.75) is 0 Å². The molecule has 8 nitrogen and oxygen atoms in total. The summed E-state index contributed by atoms with van der Waals surface area (Å²) in [6.45, 7) is 3.39. The van der Waals surface area contributed by atoms with Crippen LogP contribution in [-0.2, 0) is 0 Å². The number of nitrogens with two attached hydrogens (primary N) is 2. The number of nitrogens with one attached hydrogen (secondary N) is 2. The van der Waals surface area contributed by atoms with Gasteiger partial charge in [-0.25, -0.2) is 9.98 Å². The van der Waals surface area contributed by atoms with Crippen molar-refractivity contribution in [3.05, 3.63) is 95.1 Å². The molecule has 3 aromatic rings. The normalized spacial score (nSPS) is 14.3. The van der Waals surface area contributed by atoms with Gasteiger partial charge in [0.1, 0.15) is 23.3 Å². The summed E-state index contributed by atoms with van der Waals surface area (Å²) in [5, 5.41) is 6.53. The molecule has 38 heavy (non-hydrogen) atoms. The van der Waals surface area contributed by atoms with Gasteiger partial charge >= 0.3 is 0 Å². The lowest BCUT2D eigenvalue weighted by atomic mass is 10.1. The van der Waals surface area contributed by atoms with Gasteiger partial charge in [0.2, 0.25) is 0 Å². The average Bonchev–Trinajstić information content (AvgIpc) is 3.60. The van der Waals surface area contributed by atoms with Crippen LogP contribution in [0.2, 0.25) is 0 Å². The fourth-order valence-corrected chi connectivity index (χ4v) is 3.79. The summed E-state index contributed by atoms with van der Waals surface area (Å²) < 4.78 is 0. The molecule has 0 saturated heterocycles. The van der Waals surface area contributed by atoms with Gasteiger partial charge < -0.3 is 22.1 Å². The van der Waals surface area contributed by atoms with Gasteiger partial charge in [-0.1, -0.05) is 24.3 Å². The minimum Gasteiger partial charge on any atom is -0.383 e. The summed E-state index contributed by atoms with van der Waals surface area (Å²) in [4.78, 5) is 17.9. The lowest BCUT2D eigenvalue weighted by Gasteiger charge is -2.06. The predicted octanol–water partition coefficient (Wildman–Crippen LogP) is 4.15. The van der Waals surface area contributed by atoms with Crippen LogP contribution in [0.3, 0.4) is 0 Å². The average molecular weight is 596 g/mol. The molecule has 2 aliphatic rings. The smallest absolute Gasteiger partial charge is 0.131 e. The second kappa shape index (κ2) is 15.2. The zero-order chi connectivity index (χ0) is 23.3. The minimum absolute atomic E-state index is 0. The maximum atomic E-state index is 6.24. The van der Waals surface area contributed by atoms with Crippen molar-refractivity contribution in [1.82, 2.24) is 10.6 Å². The lowest BCUT2D eigenvalue weighted by molar-refractivity contribution is 0.960. The Morgan fingerprint density at radius 2 is 0.895 bits per heavy atom. The summed E-state index contributed by atoms with van der Waals surface area (Å²) in [7, 11) is 0. The third-order valence-corrected chi connectivity index (χ3v) is 5.61. The van der Waals surface area contributed by atoms with Crippen molar-refractivity contribution in [1.29, 1.82) is 0 Å². The molecule has 3 aromatic carbocycles. The molecule has 0 bridgehead atoms. The third-order valence-electron chi connectivity index (χ3n) is 5.61. The van der Waals surface area contributed by atoms with E-state index < -0.39 is 0 Å². The molecule has 0 atom stereocenters. The highest BCUT2D eigenvalue weighted by Crippen LogP contribution is 2.17. The van der Waals surface area contributed by atoms with Crippen molar-refractivity contribution in [3.63, 3.8) is 0 Å². The Labute approximate surface area is 246 Å². The van der Waals surface area contributed by atoms with Crippen LogP contribution in [0.1, 0.15) is 22.3 Å². The summed E-state index contributed by atoms with van der Waals surface area (Å²) in [6, 6.07) is 23.3. The minimum atomic E-state index is 0. The Morgan fingerprint density at radius 3 is 1.18 bits per heavy atom.